The Kier molecular flexibility index (Phi) is 5.14. The van der Waals surface area contributed by atoms with Crippen molar-refractivity contribution in [3.05, 3.63) is 59.7 Å². The number of benzene rings is 2. The maximum atomic E-state index is 12.0. The summed E-state index contributed by atoms with van der Waals surface area (Å²) >= 11 is 0. The van der Waals surface area contributed by atoms with E-state index in [1.54, 1.807) is 38.5 Å². The van der Waals surface area contributed by atoms with Crippen LogP contribution in [0.4, 0.5) is 0 Å². The van der Waals surface area contributed by atoms with Gasteiger partial charge < -0.3 is 9.47 Å². The molecule has 0 saturated heterocycles. The Morgan fingerprint density at radius 1 is 0.955 bits per heavy atom. The Labute approximate surface area is 129 Å². The van der Waals surface area contributed by atoms with E-state index in [2.05, 4.69) is 10.5 Å². The van der Waals surface area contributed by atoms with Gasteiger partial charge in [-0.05, 0) is 43.3 Å². The lowest BCUT2D eigenvalue weighted by molar-refractivity contribution is 0.0955. The van der Waals surface area contributed by atoms with E-state index < -0.39 is 0 Å². The number of methoxy groups -OCH3 is 2. The molecule has 0 atom stereocenters. The van der Waals surface area contributed by atoms with Crippen molar-refractivity contribution in [3.8, 4) is 11.5 Å². The lowest BCUT2D eigenvalue weighted by atomic mass is 10.1. The molecule has 0 aliphatic heterocycles. The summed E-state index contributed by atoms with van der Waals surface area (Å²) in [6.45, 7) is 1.82. The van der Waals surface area contributed by atoms with Crippen LogP contribution in [-0.4, -0.2) is 25.8 Å². The molecule has 1 amide bonds. The maximum absolute atomic E-state index is 12.0. The number of hydrogen-bond donors (Lipinski definition) is 1. The Balaban J connectivity index is 2.07. The van der Waals surface area contributed by atoms with E-state index in [1.165, 1.54) is 0 Å². The topological polar surface area (TPSA) is 59.9 Å². The average Bonchev–Trinajstić information content (AvgIpc) is 2.59. The van der Waals surface area contributed by atoms with Gasteiger partial charge in [-0.1, -0.05) is 12.1 Å². The molecule has 114 valence electrons. The minimum absolute atomic E-state index is 0.273. The molecule has 0 aliphatic rings. The predicted octanol–water partition coefficient (Wildman–Crippen LogP) is 2.86. The van der Waals surface area contributed by atoms with Gasteiger partial charge in [-0.15, -0.1) is 0 Å². The summed E-state index contributed by atoms with van der Waals surface area (Å²) < 4.78 is 10.2. The lowest BCUT2D eigenvalue weighted by Crippen LogP contribution is -2.19. The number of carbonyl (C=O) groups is 1. The van der Waals surface area contributed by atoms with Crippen LogP contribution in [0.2, 0.25) is 0 Å². The lowest BCUT2D eigenvalue weighted by Gasteiger charge is -2.05. The van der Waals surface area contributed by atoms with Crippen LogP contribution >= 0.6 is 0 Å². The molecule has 0 unspecified atom stereocenters. The van der Waals surface area contributed by atoms with Gasteiger partial charge in [-0.25, -0.2) is 5.43 Å². The molecule has 1 N–H and O–H groups in total. The molecular formula is C17H18N2O3. The number of nitrogens with one attached hydrogen (secondary N) is 1. The summed E-state index contributed by atoms with van der Waals surface area (Å²) in [6, 6.07) is 14.3. The van der Waals surface area contributed by atoms with Gasteiger partial charge >= 0.3 is 0 Å². The number of hydrogen-bond acceptors (Lipinski definition) is 4. The van der Waals surface area contributed by atoms with Gasteiger partial charge in [0, 0.05) is 11.1 Å². The van der Waals surface area contributed by atoms with Crippen LogP contribution in [0.5, 0.6) is 11.5 Å². The largest absolute Gasteiger partial charge is 0.497 e. The Hall–Kier alpha value is -2.82. The van der Waals surface area contributed by atoms with Crippen LogP contribution < -0.4 is 14.9 Å². The third-order valence-electron chi connectivity index (χ3n) is 3.16. The summed E-state index contributed by atoms with van der Waals surface area (Å²) in [7, 11) is 3.19. The highest BCUT2D eigenvalue weighted by Crippen LogP contribution is 2.13. The van der Waals surface area contributed by atoms with Crippen molar-refractivity contribution in [1.29, 1.82) is 0 Å². The number of ether oxygens (including phenoxy) is 2. The molecule has 22 heavy (non-hydrogen) atoms. The summed E-state index contributed by atoms with van der Waals surface area (Å²) in [4.78, 5) is 12.0. The molecule has 2 aromatic rings. The molecule has 5 nitrogen and oxygen atoms in total. The zero-order valence-corrected chi connectivity index (χ0v) is 12.8. The SMILES string of the molecule is COc1ccc(C(=O)N/N=C(/C)c2cccc(OC)c2)cc1. The van der Waals surface area contributed by atoms with Crippen molar-refractivity contribution in [1.82, 2.24) is 5.43 Å². The molecule has 2 aromatic carbocycles. The predicted molar refractivity (Wildman–Crippen MR) is 85.7 cm³/mol. The third kappa shape index (κ3) is 3.85. The minimum atomic E-state index is -0.273. The summed E-state index contributed by atoms with van der Waals surface area (Å²) in [5.41, 5.74) is 4.64. The first kappa shape index (κ1) is 15.6. The smallest absolute Gasteiger partial charge is 0.271 e. The van der Waals surface area contributed by atoms with Crippen molar-refractivity contribution >= 4 is 11.6 Å². The molecule has 0 heterocycles. The average molecular weight is 298 g/mol. The Morgan fingerprint density at radius 2 is 1.64 bits per heavy atom. The van der Waals surface area contributed by atoms with Gasteiger partial charge in [0.25, 0.3) is 5.91 Å². The number of nitrogens with zero attached hydrogens (tertiary/aromatic N) is 1. The van der Waals surface area contributed by atoms with Gasteiger partial charge in [0.1, 0.15) is 11.5 Å². The fraction of sp³-hybridized carbons (Fsp3) is 0.176. The van der Waals surface area contributed by atoms with Crippen molar-refractivity contribution in [2.24, 2.45) is 5.10 Å². The molecule has 5 heteroatoms. The zero-order valence-electron chi connectivity index (χ0n) is 12.8. The molecule has 0 aromatic heterocycles. The molecular weight excluding hydrogens is 280 g/mol. The fourth-order valence-corrected chi connectivity index (χ4v) is 1.85. The number of hydrazone groups is 1. The van der Waals surface area contributed by atoms with Gasteiger partial charge in [0.2, 0.25) is 0 Å². The fourth-order valence-electron chi connectivity index (χ4n) is 1.85. The quantitative estimate of drug-likeness (QED) is 0.682. The van der Waals surface area contributed by atoms with Crippen LogP contribution in [-0.2, 0) is 0 Å². The van der Waals surface area contributed by atoms with E-state index in [-0.39, 0.29) is 5.91 Å². The molecule has 0 saturated carbocycles. The normalized spacial score (nSPS) is 11.0. The first-order valence-electron chi connectivity index (χ1n) is 6.77. The van der Waals surface area contributed by atoms with Crippen molar-refractivity contribution in [2.45, 2.75) is 6.92 Å². The van der Waals surface area contributed by atoms with Crippen molar-refractivity contribution < 1.29 is 14.3 Å². The number of amides is 1. The second-order valence-corrected chi connectivity index (χ2v) is 4.60. The number of rotatable bonds is 5. The molecule has 0 spiro atoms. The van der Waals surface area contributed by atoms with Gasteiger partial charge in [-0.2, -0.15) is 5.10 Å². The third-order valence-corrected chi connectivity index (χ3v) is 3.16. The molecule has 0 aliphatic carbocycles. The second kappa shape index (κ2) is 7.26. The van der Waals surface area contributed by atoms with Crippen LogP contribution in [0.15, 0.2) is 53.6 Å². The molecule has 0 bridgehead atoms. The maximum Gasteiger partial charge on any atom is 0.271 e. The van der Waals surface area contributed by atoms with Crippen LogP contribution in [0.1, 0.15) is 22.8 Å². The van der Waals surface area contributed by atoms with E-state index in [0.29, 0.717) is 17.0 Å². The molecule has 0 radical (unpaired) electrons. The van der Waals surface area contributed by atoms with E-state index in [9.17, 15) is 4.79 Å². The van der Waals surface area contributed by atoms with Crippen molar-refractivity contribution in [2.75, 3.05) is 14.2 Å². The van der Waals surface area contributed by atoms with Gasteiger partial charge in [0.05, 0.1) is 19.9 Å². The first-order chi connectivity index (χ1) is 10.6. The summed E-state index contributed by atoms with van der Waals surface area (Å²) in [5.74, 6) is 1.17. The second-order valence-electron chi connectivity index (χ2n) is 4.60. The Bertz CT molecular complexity index is 679. The highest BCUT2D eigenvalue weighted by molar-refractivity contribution is 6.01. The van der Waals surface area contributed by atoms with Gasteiger partial charge in [0.15, 0.2) is 0 Å². The Morgan fingerprint density at radius 3 is 2.27 bits per heavy atom. The van der Waals surface area contributed by atoms with E-state index in [4.69, 9.17) is 9.47 Å². The molecule has 2 rings (SSSR count). The van der Waals surface area contributed by atoms with Crippen LogP contribution in [0.3, 0.4) is 0 Å². The standard InChI is InChI=1S/C17H18N2O3/c1-12(14-5-4-6-16(11-14)22-3)18-19-17(20)13-7-9-15(21-2)10-8-13/h4-11H,1-3H3,(H,19,20)/b18-12-. The highest BCUT2D eigenvalue weighted by Gasteiger charge is 2.05. The first-order valence-corrected chi connectivity index (χ1v) is 6.77. The van der Waals surface area contributed by atoms with E-state index >= 15 is 0 Å². The summed E-state index contributed by atoms with van der Waals surface area (Å²) in [5, 5.41) is 4.12. The molecule has 0 fully saturated rings. The van der Waals surface area contributed by atoms with E-state index in [1.807, 2.05) is 31.2 Å². The minimum Gasteiger partial charge on any atom is -0.497 e. The highest BCUT2D eigenvalue weighted by atomic mass is 16.5. The van der Waals surface area contributed by atoms with Crippen LogP contribution in [0.25, 0.3) is 0 Å². The van der Waals surface area contributed by atoms with Crippen LogP contribution in [0, 0.1) is 0 Å². The summed E-state index contributed by atoms with van der Waals surface area (Å²) in [6.07, 6.45) is 0. The van der Waals surface area contributed by atoms with Gasteiger partial charge in [-0.3, -0.25) is 4.79 Å². The monoisotopic (exact) mass is 298 g/mol. The van der Waals surface area contributed by atoms with E-state index in [0.717, 1.165) is 11.3 Å². The number of carbonyl (C=O) groups excluding carboxylic acids is 1. The zero-order chi connectivity index (χ0) is 15.9. The van der Waals surface area contributed by atoms with Crippen molar-refractivity contribution in [3.63, 3.8) is 0 Å².